The van der Waals surface area contributed by atoms with Crippen LogP contribution in [0, 0.1) is 5.82 Å². The van der Waals surface area contributed by atoms with Crippen molar-refractivity contribution in [3.63, 3.8) is 0 Å². The van der Waals surface area contributed by atoms with E-state index in [-0.39, 0.29) is 4.90 Å². The highest BCUT2D eigenvalue weighted by Gasteiger charge is 2.29. The number of rotatable bonds is 4. The van der Waals surface area contributed by atoms with E-state index in [2.05, 4.69) is 4.98 Å². The van der Waals surface area contributed by atoms with Gasteiger partial charge in [-0.25, -0.2) is 17.8 Å². The van der Waals surface area contributed by atoms with Crippen molar-refractivity contribution in [2.75, 3.05) is 31.1 Å². The average molecular weight is 472 g/mol. The molecule has 29 heavy (non-hydrogen) atoms. The Morgan fingerprint density at radius 1 is 1.00 bits per heavy atom. The van der Waals surface area contributed by atoms with Gasteiger partial charge in [0.25, 0.3) is 0 Å². The maximum absolute atomic E-state index is 13.4. The number of piperazine rings is 1. The van der Waals surface area contributed by atoms with Crippen LogP contribution in [0.15, 0.2) is 52.7 Å². The van der Waals surface area contributed by atoms with Gasteiger partial charge in [0.2, 0.25) is 10.0 Å². The molecule has 1 aliphatic rings. The summed E-state index contributed by atoms with van der Waals surface area (Å²) >= 11 is 13.5. The standard InChI is InChI=1S/C19H16Cl2FN3O2S2/c20-16-5-4-13(10-17(16)21)18-12-28-19(23-18)24-6-8-25(9-7-24)29(26,27)15-3-1-2-14(22)11-15/h1-5,10-12H,6-9H2. The molecule has 152 valence electrons. The molecule has 0 bridgehead atoms. The Bertz CT molecular complexity index is 1150. The number of sulfonamides is 1. The first-order valence-corrected chi connectivity index (χ1v) is 11.8. The highest BCUT2D eigenvalue weighted by molar-refractivity contribution is 7.89. The molecule has 5 nitrogen and oxygen atoms in total. The van der Waals surface area contributed by atoms with E-state index in [4.69, 9.17) is 23.2 Å². The molecular formula is C19H16Cl2FN3O2S2. The van der Waals surface area contributed by atoms with Crippen LogP contribution in [0.1, 0.15) is 0 Å². The molecule has 3 aromatic rings. The third kappa shape index (κ3) is 4.27. The molecule has 1 aromatic heterocycles. The Morgan fingerprint density at radius 2 is 1.76 bits per heavy atom. The molecule has 0 spiro atoms. The van der Waals surface area contributed by atoms with E-state index in [9.17, 15) is 12.8 Å². The van der Waals surface area contributed by atoms with Crippen LogP contribution in [-0.4, -0.2) is 43.9 Å². The van der Waals surface area contributed by atoms with Gasteiger partial charge in [0.1, 0.15) is 5.82 Å². The number of hydrogen-bond donors (Lipinski definition) is 0. The second-order valence-corrected chi connectivity index (χ2v) is 10.1. The van der Waals surface area contributed by atoms with Crippen molar-refractivity contribution in [3.8, 4) is 11.3 Å². The monoisotopic (exact) mass is 471 g/mol. The van der Waals surface area contributed by atoms with E-state index < -0.39 is 15.8 Å². The predicted molar refractivity (Wildman–Crippen MR) is 115 cm³/mol. The van der Waals surface area contributed by atoms with Crippen molar-refractivity contribution in [2.45, 2.75) is 4.90 Å². The minimum Gasteiger partial charge on any atom is -0.345 e. The van der Waals surface area contributed by atoms with Crippen LogP contribution >= 0.6 is 34.5 Å². The molecule has 1 saturated heterocycles. The third-order valence-electron chi connectivity index (χ3n) is 4.65. The van der Waals surface area contributed by atoms with Gasteiger partial charge in [-0.15, -0.1) is 11.3 Å². The minimum atomic E-state index is -3.71. The third-order valence-corrected chi connectivity index (χ3v) is 8.19. The van der Waals surface area contributed by atoms with Crippen LogP contribution < -0.4 is 4.90 Å². The molecular weight excluding hydrogens is 456 g/mol. The van der Waals surface area contributed by atoms with E-state index in [1.807, 2.05) is 16.3 Å². The summed E-state index contributed by atoms with van der Waals surface area (Å²) in [6, 6.07) is 10.4. The molecule has 0 atom stereocenters. The lowest BCUT2D eigenvalue weighted by molar-refractivity contribution is 0.384. The van der Waals surface area contributed by atoms with Gasteiger partial charge in [0, 0.05) is 37.1 Å². The Hall–Kier alpha value is -1.71. The van der Waals surface area contributed by atoms with Gasteiger partial charge < -0.3 is 4.90 Å². The lowest BCUT2D eigenvalue weighted by atomic mass is 10.2. The molecule has 0 radical (unpaired) electrons. The molecule has 4 rings (SSSR count). The lowest BCUT2D eigenvalue weighted by Crippen LogP contribution is -2.48. The summed E-state index contributed by atoms with van der Waals surface area (Å²) in [7, 11) is -3.71. The second kappa shape index (κ2) is 8.20. The van der Waals surface area contributed by atoms with Crippen molar-refractivity contribution in [1.82, 2.24) is 9.29 Å². The molecule has 10 heteroatoms. The van der Waals surface area contributed by atoms with E-state index in [0.29, 0.717) is 36.2 Å². The normalized spacial score (nSPS) is 15.6. The molecule has 2 aromatic carbocycles. The van der Waals surface area contributed by atoms with Crippen LogP contribution in [0.2, 0.25) is 10.0 Å². The zero-order chi connectivity index (χ0) is 20.6. The fraction of sp³-hybridized carbons (Fsp3) is 0.211. The Balaban J connectivity index is 1.46. The van der Waals surface area contributed by atoms with Crippen LogP contribution in [0.4, 0.5) is 9.52 Å². The first kappa shape index (κ1) is 20.6. The number of nitrogens with zero attached hydrogens (tertiary/aromatic N) is 3. The molecule has 0 N–H and O–H groups in total. The van der Waals surface area contributed by atoms with Crippen LogP contribution in [0.25, 0.3) is 11.3 Å². The van der Waals surface area contributed by atoms with Gasteiger partial charge in [0.05, 0.1) is 20.6 Å². The maximum atomic E-state index is 13.4. The second-order valence-electron chi connectivity index (χ2n) is 6.49. The smallest absolute Gasteiger partial charge is 0.243 e. The fourth-order valence-electron chi connectivity index (χ4n) is 3.09. The Labute approximate surface area is 182 Å². The number of hydrogen-bond acceptors (Lipinski definition) is 5. The zero-order valence-electron chi connectivity index (χ0n) is 15.1. The van der Waals surface area contributed by atoms with Gasteiger partial charge in [-0.2, -0.15) is 4.31 Å². The van der Waals surface area contributed by atoms with Gasteiger partial charge in [-0.05, 0) is 30.3 Å². The first-order chi connectivity index (χ1) is 13.8. The number of benzene rings is 2. The Morgan fingerprint density at radius 3 is 2.45 bits per heavy atom. The summed E-state index contributed by atoms with van der Waals surface area (Å²) in [5.41, 5.74) is 1.66. The fourth-order valence-corrected chi connectivity index (χ4v) is 5.73. The summed E-state index contributed by atoms with van der Waals surface area (Å²) in [5, 5.41) is 3.70. The first-order valence-electron chi connectivity index (χ1n) is 8.76. The molecule has 1 aliphatic heterocycles. The summed E-state index contributed by atoms with van der Waals surface area (Å²) in [4.78, 5) is 6.68. The predicted octanol–water partition coefficient (Wildman–Crippen LogP) is 4.77. The molecule has 0 aliphatic carbocycles. The zero-order valence-corrected chi connectivity index (χ0v) is 18.2. The van der Waals surface area contributed by atoms with Gasteiger partial charge in [-0.3, -0.25) is 0 Å². The van der Waals surface area contributed by atoms with E-state index in [1.165, 1.54) is 33.8 Å². The lowest BCUT2D eigenvalue weighted by Gasteiger charge is -2.33. The molecule has 0 saturated carbocycles. The summed E-state index contributed by atoms with van der Waals surface area (Å²) in [6.07, 6.45) is 0. The van der Waals surface area contributed by atoms with Crippen molar-refractivity contribution >= 4 is 49.7 Å². The SMILES string of the molecule is O=S(=O)(c1cccc(F)c1)N1CCN(c2nc(-c3ccc(Cl)c(Cl)c3)cs2)CC1. The molecule has 0 unspecified atom stereocenters. The summed E-state index contributed by atoms with van der Waals surface area (Å²) in [6.45, 7) is 1.62. The maximum Gasteiger partial charge on any atom is 0.243 e. The van der Waals surface area contributed by atoms with Crippen LogP contribution in [0.3, 0.4) is 0 Å². The van der Waals surface area contributed by atoms with Crippen LogP contribution in [-0.2, 0) is 10.0 Å². The highest BCUT2D eigenvalue weighted by Crippen LogP contribution is 2.32. The number of aromatic nitrogens is 1. The molecule has 2 heterocycles. The van der Waals surface area contributed by atoms with E-state index >= 15 is 0 Å². The van der Waals surface area contributed by atoms with Gasteiger partial charge >= 0.3 is 0 Å². The summed E-state index contributed by atoms with van der Waals surface area (Å²) in [5.74, 6) is -0.567. The minimum absolute atomic E-state index is 0.0258. The number of halogens is 3. The van der Waals surface area contributed by atoms with E-state index in [0.717, 1.165) is 22.5 Å². The Kier molecular flexibility index (Phi) is 5.81. The topological polar surface area (TPSA) is 53.5 Å². The largest absolute Gasteiger partial charge is 0.345 e. The van der Waals surface area contributed by atoms with Crippen LogP contribution in [0.5, 0.6) is 0 Å². The number of thiazole rings is 1. The van der Waals surface area contributed by atoms with Crippen molar-refractivity contribution in [3.05, 3.63) is 63.7 Å². The van der Waals surface area contributed by atoms with Crippen molar-refractivity contribution < 1.29 is 12.8 Å². The van der Waals surface area contributed by atoms with E-state index in [1.54, 1.807) is 12.1 Å². The average Bonchev–Trinajstić information content (AvgIpc) is 3.20. The summed E-state index contributed by atoms with van der Waals surface area (Å²) < 4.78 is 40.3. The van der Waals surface area contributed by atoms with Crippen molar-refractivity contribution in [1.29, 1.82) is 0 Å². The van der Waals surface area contributed by atoms with Crippen molar-refractivity contribution in [2.24, 2.45) is 0 Å². The van der Waals surface area contributed by atoms with Gasteiger partial charge in [-0.1, -0.05) is 35.3 Å². The molecule has 0 amide bonds. The number of anilines is 1. The van der Waals surface area contributed by atoms with Gasteiger partial charge in [0.15, 0.2) is 5.13 Å². The molecule has 1 fully saturated rings. The highest BCUT2D eigenvalue weighted by atomic mass is 35.5. The quantitative estimate of drug-likeness (QED) is 0.549.